The third-order valence-electron chi connectivity index (χ3n) is 2.96. The zero-order valence-electron chi connectivity index (χ0n) is 12.2. The van der Waals surface area contributed by atoms with Crippen molar-refractivity contribution in [2.24, 2.45) is 0 Å². The molecule has 0 bridgehead atoms. The van der Waals surface area contributed by atoms with Gasteiger partial charge in [-0.05, 0) is 14.0 Å². The summed E-state index contributed by atoms with van der Waals surface area (Å²) in [6, 6.07) is 3.58. The number of methoxy groups -OCH3 is 2. The van der Waals surface area contributed by atoms with E-state index in [9.17, 15) is 0 Å². The van der Waals surface area contributed by atoms with Gasteiger partial charge in [-0.25, -0.2) is 0 Å². The summed E-state index contributed by atoms with van der Waals surface area (Å²) in [5.41, 5.74) is 0.617. The van der Waals surface area contributed by atoms with E-state index in [1.165, 1.54) is 7.11 Å². The van der Waals surface area contributed by atoms with E-state index in [1.54, 1.807) is 19.2 Å². The first-order valence-corrected chi connectivity index (χ1v) is 6.66. The number of rotatable bonds is 6. The molecule has 1 aromatic heterocycles. The van der Waals surface area contributed by atoms with Crippen LogP contribution in [0.4, 0.5) is 11.7 Å². The molecule has 21 heavy (non-hydrogen) atoms. The SMILES string of the molecule is CNC(C)c1nnc(Nc2cc(OC)c(Cl)cc2OC)o1. The third-order valence-corrected chi connectivity index (χ3v) is 3.25. The lowest BCUT2D eigenvalue weighted by molar-refractivity contribution is 0.404. The van der Waals surface area contributed by atoms with Crippen LogP contribution in [0.1, 0.15) is 18.9 Å². The van der Waals surface area contributed by atoms with Gasteiger partial charge in [0.15, 0.2) is 0 Å². The lowest BCUT2D eigenvalue weighted by atomic mass is 10.2. The Morgan fingerprint density at radius 1 is 1.19 bits per heavy atom. The van der Waals surface area contributed by atoms with Crippen molar-refractivity contribution < 1.29 is 13.9 Å². The molecule has 0 saturated heterocycles. The Balaban J connectivity index is 2.28. The largest absolute Gasteiger partial charge is 0.495 e. The summed E-state index contributed by atoms with van der Waals surface area (Å²) in [6.07, 6.45) is 0. The summed E-state index contributed by atoms with van der Waals surface area (Å²) in [5, 5.41) is 14.4. The van der Waals surface area contributed by atoms with Crippen LogP contribution in [0.15, 0.2) is 16.5 Å². The van der Waals surface area contributed by atoms with Gasteiger partial charge in [-0.3, -0.25) is 0 Å². The molecule has 2 aromatic rings. The van der Waals surface area contributed by atoms with E-state index in [2.05, 4.69) is 20.8 Å². The summed E-state index contributed by atoms with van der Waals surface area (Å²) in [6.45, 7) is 1.92. The molecule has 1 atom stereocenters. The Kier molecular flexibility index (Phi) is 4.87. The Morgan fingerprint density at radius 3 is 2.52 bits per heavy atom. The van der Waals surface area contributed by atoms with Crippen LogP contribution < -0.4 is 20.1 Å². The molecular formula is C13H17ClN4O3. The molecule has 0 spiro atoms. The molecule has 0 aliphatic rings. The minimum atomic E-state index is -0.0327. The maximum Gasteiger partial charge on any atom is 0.320 e. The maximum absolute atomic E-state index is 6.06. The van der Waals surface area contributed by atoms with Crippen LogP contribution in [-0.2, 0) is 0 Å². The van der Waals surface area contributed by atoms with Gasteiger partial charge in [0.05, 0.1) is 31.0 Å². The van der Waals surface area contributed by atoms with E-state index >= 15 is 0 Å². The molecular weight excluding hydrogens is 296 g/mol. The number of nitrogens with one attached hydrogen (secondary N) is 2. The zero-order chi connectivity index (χ0) is 15.4. The maximum atomic E-state index is 6.06. The Morgan fingerprint density at radius 2 is 1.90 bits per heavy atom. The first-order valence-electron chi connectivity index (χ1n) is 6.28. The average molecular weight is 313 g/mol. The van der Waals surface area contributed by atoms with Gasteiger partial charge >= 0.3 is 6.01 Å². The number of nitrogens with zero attached hydrogens (tertiary/aromatic N) is 2. The summed E-state index contributed by atoms with van der Waals surface area (Å²) < 4.78 is 16.0. The fourth-order valence-corrected chi connectivity index (χ4v) is 1.89. The Bertz CT molecular complexity index is 617. The van der Waals surface area contributed by atoms with E-state index in [0.717, 1.165) is 0 Å². The average Bonchev–Trinajstić information content (AvgIpc) is 2.96. The van der Waals surface area contributed by atoms with Gasteiger partial charge in [0.25, 0.3) is 0 Å². The molecule has 1 unspecified atom stereocenters. The predicted molar refractivity (Wildman–Crippen MR) is 79.6 cm³/mol. The van der Waals surface area contributed by atoms with Crippen LogP contribution in [0.3, 0.4) is 0 Å². The monoisotopic (exact) mass is 312 g/mol. The Hall–Kier alpha value is -1.99. The highest BCUT2D eigenvalue weighted by molar-refractivity contribution is 6.32. The molecule has 7 nitrogen and oxygen atoms in total. The predicted octanol–water partition coefficient (Wildman–Crippen LogP) is 2.76. The molecule has 0 amide bonds. The van der Waals surface area contributed by atoms with Gasteiger partial charge < -0.3 is 24.5 Å². The van der Waals surface area contributed by atoms with Gasteiger partial charge in [0, 0.05) is 12.1 Å². The first kappa shape index (κ1) is 15.4. The molecule has 1 heterocycles. The van der Waals surface area contributed by atoms with Crippen molar-refractivity contribution in [3.05, 3.63) is 23.0 Å². The molecule has 0 aliphatic carbocycles. The fraction of sp³-hybridized carbons (Fsp3) is 0.385. The number of anilines is 2. The molecule has 0 fully saturated rings. The number of ether oxygens (including phenoxy) is 2. The van der Waals surface area contributed by atoms with Gasteiger partial charge in [-0.2, -0.15) is 0 Å². The van der Waals surface area contributed by atoms with E-state index in [4.69, 9.17) is 25.5 Å². The standard InChI is InChI=1S/C13H17ClN4O3/c1-7(15-2)12-17-18-13(21-12)16-9-6-10(19-3)8(14)5-11(9)20-4/h5-7,15H,1-4H3,(H,16,18). The lowest BCUT2D eigenvalue weighted by Crippen LogP contribution is -2.12. The number of hydrogen-bond donors (Lipinski definition) is 2. The molecule has 0 aliphatic heterocycles. The van der Waals surface area contributed by atoms with Gasteiger partial charge in [0.2, 0.25) is 5.89 Å². The van der Waals surface area contributed by atoms with Crippen LogP contribution in [0.25, 0.3) is 0 Å². The minimum absolute atomic E-state index is 0.0327. The zero-order valence-corrected chi connectivity index (χ0v) is 13.0. The molecule has 0 radical (unpaired) electrons. The van der Waals surface area contributed by atoms with Crippen LogP contribution in [0, 0.1) is 0 Å². The van der Waals surface area contributed by atoms with Crippen molar-refractivity contribution in [1.29, 1.82) is 0 Å². The number of benzene rings is 1. The van der Waals surface area contributed by atoms with Crippen molar-refractivity contribution in [3.63, 3.8) is 0 Å². The highest BCUT2D eigenvalue weighted by Gasteiger charge is 2.15. The normalized spacial score (nSPS) is 12.0. The van der Waals surface area contributed by atoms with Crippen molar-refractivity contribution in [1.82, 2.24) is 15.5 Å². The third kappa shape index (κ3) is 3.37. The minimum Gasteiger partial charge on any atom is -0.495 e. The molecule has 2 rings (SSSR count). The number of halogens is 1. The van der Waals surface area contributed by atoms with Crippen LogP contribution in [0.2, 0.25) is 5.02 Å². The molecule has 1 aromatic carbocycles. The van der Waals surface area contributed by atoms with Gasteiger partial charge in [-0.1, -0.05) is 16.7 Å². The lowest BCUT2D eigenvalue weighted by Gasteiger charge is -2.11. The van der Waals surface area contributed by atoms with Crippen LogP contribution in [-0.4, -0.2) is 31.5 Å². The topological polar surface area (TPSA) is 81.4 Å². The highest BCUT2D eigenvalue weighted by atomic mass is 35.5. The van der Waals surface area contributed by atoms with E-state index < -0.39 is 0 Å². The van der Waals surface area contributed by atoms with Crippen molar-refractivity contribution in [3.8, 4) is 11.5 Å². The smallest absolute Gasteiger partial charge is 0.320 e. The van der Waals surface area contributed by atoms with E-state index in [1.807, 2.05) is 14.0 Å². The molecule has 0 saturated carbocycles. The summed E-state index contributed by atoms with van der Waals surface area (Å²) in [5.74, 6) is 1.55. The summed E-state index contributed by atoms with van der Waals surface area (Å²) >= 11 is 6.06. The van der Waals surface area contributed by atoms with E-state index in [0.29, 0.717) is 28.1 Å². The van der Waals surface area contributed by atoms with Gasteiger partial charge in [0.1, 0.15) is 11.5 Å². The van der Waals surface area contributed by atoms with Gasteiger partial charge in [-0.15, -0.1) is 5.10 Å². The summed E-state index contributed by atoms with van der Waals surface area (Å²) in [7, 11) is 4.90. The van der Waals surface area contributed by atoms with Crippen molar-refractivity contribution >= 4 is 23.3 Å². The van der Waals surface area contributed by atoms with Crippen molar-refractivity contribution in [2.45, 2.75) is 13.0 Å². The second-order valence-corrected chi connectivity index (χ2v) is 4.68. The summed E-state index contributed by atoms with van der Waals surface area (Å²) in [4.78, 5) is 0. The first-order chi connectivity index (χ1) is 10.1. The second-order valence-electron chi connectivity index (χ2n) is 4.27. The Labute approximate surface area is 127 Å². The van der Waals surface area contributed by atoms with Crippen LogP contribution >= 0.6 is 11.6 Å². The number of aromatic nitrogens is 2. The molecule has 2 N–H and O–H groups in total. The van der Waals surface area contributed by atoms with E-state index in [-0.39, 0.29) is 12.1 Å². The molecule has 114 valence electrons. The van der Waals surface area contributed by atoms with Crippen molar-refractivity contribution in [2.75, 3.05) is 26.6 Å². The number of hydrogen-bond acceptors (Lipinski definition) is 7. The fourth-order valence-electron chi connectivity index (χ4n) is 1.66. The quantitative estimate of drug-likeness (QED) is 0.848. The molecule has 8 heteroatoms. The highest BCUT2D eigenvalue weighted by Crippen LogP contribution is 2.37. The second kappa shape index (κ2) is 6.64. The van der Waals surface area contributed by atoms with Crippen LogP contribution in [0.5, 0.6) is 11.5 Å².